The SMILES string of the molecule is CCCCCC=CCC=CCCCCCCCCOC1CN(C2CCN(C)CC2)C[C@H]1OCCCCCCCCC=CCC=CCCCCC. The predicted molar refractivity (Wildman–Crippen MR) is 220 cm³/mol. The van der Waals surface area contributed by atoms with E-state index in [0.29, 0.717) is 6.04 Å². The average molecular weight is 697 g/mol. The number of ether oxygens (including phenoxy) is 2. The molecule has 290 valence electrons. The van der Waals surface area contributed by atoms with E-state index < -0.39 is 0 Å². The largest absolute Gasteiger partial charge is 0.374 e. The summed E-state index contributed by atoms with van der Waals surface area (Å²) in [6.45, 7) is 10.9. The summed E-state index contributed by atoms with van der Waals surface area (Å²) in [5.41, 5.74) is 0. The lowest BCUT2D eigenvalue weighted by atomic mass is 10.0. The Morgan fingerprint density at radius 2 is 0.820 bits per heavy atom. The van der Waals surface area contributed by atoms with E-state index in [1.807, 2.05) is 0 Å². The van der Waals surface area contributed by atoms with E-state index >= 15 is 0 Å². The summed E-state index contributed by atoms with van der Waals surface area (Å²) >= 11 is 0. The second kappa shape index (κ2) is 33.6. The standard InChI is InChI=1S/C46H84N2O2/c1-4-6-8-10-12-14-16-18-20-22-24-26-28-30-32-34-40-49-45-42-48(44-36-38-47(3)39-37-44)43-46(45)50-41-35-33-31-29-27-25-23-21-19-17-15-13-11-9-7-5-2/h12-15,18-21,44-46H,4-11,16-17,22-43H2,1-3H3/t45-,46?/m1/s1. The summed E-state index contributed by atoms with van der Waals surface area (Å²) in [6.07, 6.45) is 52.8. The van der Waals surface area contributed by atoms with Crippen molar-refractivity contribution in [3.63, 3.8) is 0 Å². The van der Waals surface area contributed by atoms with E-state index in [2.05, 4.69) is 79.3 Å². The molecule has 0 saturated carbocycles. The van der Waals surface area contributed by atoms with Crippen LogP contribution in [0.5, 0.6) is 0 Å². The monoisotopic (exact) mass is 697 g/mol. The Labute approximate surface area is 312 Å². The number of rotatable bonds is 33. The molecule has 0 bridgehead atoms. The summed E-state index contributed by atoms with van der Waals surface area (Å²) in [5.74, 6) is 0. The van der Waals surface area contributed by atoms with Crippen LogP contribution in [-0.2, 0) is 9.47 Å². The molecule has 4 nitrogen and oxygen atoms in total. The number of likely N-dealkylation sites (tertiary alicyclic amines) is 2. The van der Waals surface area contributed by atoms with Crippen LogP contribution in [0.3, 0.4) is 0 Å². The lowest BCUT2D eigenvalue weighted by Gasteiger charge is -2.35. The average Bonchev–Trinajstić information content (AvgIpc) is 3.53. The Balaban J connectivity index is 1.51. The maximum atomic E-state index is 6.56. The van der Waals surface area contributed by atoms with Crippen molar-refractivity contribution in [2.24, 2.45) is 0 Å². The van der Waals surface area contributed by atoms with Crippen LogP contribution in [0.15, 0.2) is 48.6 Å². The molecule has 0 radical (unpaired) electrons. The van der Waals surface area contributed by atoms with Crippen LogP contribution in [-0.4, -0.2) is 74.5 Å². The number of unbranched alkanes of at least 4 members (excludes halogenated alkanes) is 18. The molecule has 0 aromatic heterocycles. The van der Waals surface area contributed by atoms with E-state index in [0.717, 1.165) is 39.1 Å². The zero-order valence-corrected chi connectivity index (χ0v) is 33.7. The summed E-state index contributed by atoms with van der Waals surface area (Å²) < 4.78 is 13.1. The first-order valence-corrected chi connectivity index (χ1v) is 22.0. The number of allylic oxidation sites excluding steroid dienone is 8. The van der Waals surface area contributed by atoms with Gasteiger partial charge in [0.1, 0.15) is 0 Å². The lowest BCUT2D eigenvalue weighted by molar-refractivity contribution is -0.0481. The lowest BCUT2D eigenvalue weighted by Crippen LogP contribution is -2.43. The fourth-order valence-corrected chi connectivity index (χ4v) is 7.40. The van der Waals surface area contributed by atoms with Crippen molar-refractivity contribution in [3.05, 3.63) is 48.6 Å². The highest BCUT2D eigenvalue weighted by molar-refractivity contribution is 4.94. The molecular formula is C46H84N2O2. The number of nitrogens with zero attached hydrogens (tertiary/aromatic N) is 2. The molecule has 2 atom stereocenters. The molecule has 0 aromatic carbocycles. The van der Waals surface area contributed by atoms with Crippen LogP contribution in [0.4, 0.5) is 0 Å². The smallest absolute Gasteiger partial charge is 0.0975 e. The molecule has 50 heavy (non-hydrogen) atoms. The number of piperidine rings is 1. The molecule has 1 unspecified atom stereocenters. The van der Waals surface area contributed by atoms with E-state index in [-0.39, 0.29) is 12.2 Å². The molecule has 2 saturated heterocycles. The Hall–Kier alpha value is -1.20. The first-order chi connectivity index (χ1) is 24.7. The minimum atomic E-state index is 0.247. The van der Waals surface area contributed by atoms with Crippen LogP contribution < -0.4 is 0 Å². The molecule has 4 heteroatoms. The third-order valence-electron chi connectivity index (χ3n) is 10.8. The molecule has 2 aliphatic rings. The molecule has 2 rings (SSSR count). The van der Waals surface area contributed by atoms with E-state index in [1.54, 1.807) is 0 Å². The minimum absolute atomic E-state index is 0.247. The van der Waals surface area contributed by atoms with E-state index in [4.69, 9.17) is 9.47 Å². The maximum Gasteiger partial charge on any atom is 0.0975 e. The van der Waals surface area contributed by atoms with Gasteiger partial charge in [0.05, 0.1) is 12.2 Å². The van der Waals surface area contributed by atoms with E-state index in [1.165, 1.54) is 167 Å². The summed E-state index contributed by atoms with van der Waals surface area (Å²) in [7, 11) is 2.26. The highest BCUT2D eigenvalue weighted by Crippen LogP contribution is 2.25. The van der Waals surface area contributed by atoms with E-state index in [9.17, 15) is 0 Å². The van der Waals surface area contributed by atoms with Gasteiger partial charge in [0.15, 0.2) is 0 Å². The highest BCUT2D eigenvalue weighted by Gasteiger charge is 2.38. The van der Waals surface area contributed by atoms with Crippen LogP contribution in [0.1, 0.15) is 181 Å². The maximum absolute atomic E-state index is 6.56. The molecule has 0 aliphatic carbocycles. The van der Waals surface area contributed by atoms with Crippen LogP contribution in [0.2, 0.25) is 0 Å². The fourth-order valence-electron chi connectivity index (χ4n) is 7.40. The number of hydrogen-bond acceptors (Lipinski definition) is 4. The van der Waals surface area contributed by atoms with Crippen LogP contribution in [0.25, 0.3) is 0 Å². The minimum Gasteiger partial charge on any atom is -0.374 e. The van der Waals surface area contributed by atoms with Crippen molar-refractivity contribution < 1.29 is 9.47 Å². The molecule has 2 fully saturated rings. The van der Waals surface area contributed by atoms with Crippen LogP contribution in [0, 0.1) is 0 Å². The van der Waals surface area contributed by atoms with Crippen molar-refractivity contribution in [2.75, 3.05) is 46.4 Å². The van der Waals surface area contributed by atoms with Gasteiger partial charge in [-0.15, -0.1) is 0 Å². The van der Waals surface area contributed by atoms with Crippen molar-refractivity contribution in [2.45, 2.75) is 199 Å². The second-order valence-corrected chi connectivity index (χ2v) is 15.5. The van der Waals surface area contributed by atoms with Gasteiger partial charge < -0.3 is 14.4 Å². The molecule has 0 spiro atoms. The van der Waals surface area contributed by atoms with Crippen molar-refractivity contribution in [3.8, 4) is 0 Å². The van der Waals surface area contributed by atoms with Gasteiger partial charge in [0.2, 0.25) is 0 Å². The molecule has 0 amide bonds. The normalized spacial score (nSPS) is 19.9. The topological polar surface area (TPSA) is 24.9 Å². The molecule has 2 aliphatic heterocycles. The van der Waals surface area contributed by atoms with Gasteiger partial charge in [-0.25, -0.2) is 0 Å². The molecule has 0 aromatic rings. The first kappa shape index (κ1) is 45.0. The van der Waals surface area contributed by atoms with Gasteiger partial charge in [-0.2, -0.15) is 0 Å². The Kier molecular flexibility index (Phi) is 30.2. The third-order valence-corrected chi connectivity index (χ3v) is 10.8. The molecule has 2 heterocycles. The van der Waals surface area contributed by atoms with Gasteiger partial charge in [0, 0.05) is 32.3 Å². The van der Waals surface area contributed by atoms with Gasteiger partial charge in [0.25, 0.3) is 0 Å². The van der Waals surface area contributed by atoms with Gasteiger partial charge in [-0.3, -0.25) is 4.90 Å². The second-order valence-electron chi connectivity index (χ2n) is 15.5. The first-order valence-electron chi connectivity index (χ1n) is 22.0. The molecular weight excluding hydrogens is 613 g/mol. The Bertz CT molecular complexity index is 785. The Morgan fingerprint density at radius 3 is 1.22 bits per heavy atom. The summed E-state index contributed by atoms with van der Waals surface area (Å²) in [6, 6.07) is 0.703. The summed E-state index contributed by atoms with van der Waals surface area (Å²) in [4.78, 5) is 5.19. The third kappa shape index (κ3) is 24.9. The van der Waals surface area contributed by atoms with Gasteiger partial charge in [-0.1, -0.05) is 140 Å². The molecule has 0 N–H and O–H groups in total. The van der Waals surface area contributed by atoms with Crippen molar-refractivity contribution in [1.82, 2.24) is 9.80 Å². The quantitative estimate of drug-likeness (QED) is 0.0504. The van der Waals surface area contributed by atoms with Crippen LogP contribution >= 0.6 is 0 Å². The van der Waals surface area contributed by atoms with Gasteiger partial charge >= 0.3 is 0 Å². The van der Waals surface area contributed by atoms with Crippen molar-refractivity contribution in [1.29, 1.82) is 0 Å². The zero-order chi connectivity index (χ0) is 35.6. The highest BCUT2D eigenvalue weighted by atomic mass is 16.5. The number of hydrogen-bond donors (Lipinski definition) is 0. The summed E-state index contributed by atoms with van der Waals surface area (Å²) in [5, 5.41) is 0. The predicted octanol–water partition coefficient (Wildman–Crippen LogP) is 12.8. The Morgan fingerprint density at radius 1 is 0.460 bits per heavy atom. The zero-order valence-electron chi connectivity index (χ0n) is 33.7. The fraction of sp³-hybridized carbons (Fsp3) is 0.826. The van der Waals surface area contributed by atoms with Gasteiger partial charge in [-0.05, 0) is 110 Å². The van der Waals surface area contributed by atoms with Crippen molar-refractivity contribution >= 4 is 0 Å².